The zero-order valence-corrected chi connectivity index (χ0v) is 13.1. The van der Waals surface area contributed by atoms with Crippen molar-refractivity contribution >= 4 is 17.9 Å². The maximum absolute atomic E-state index is 11.6. The number of hydrogen-bond acceptors (Lipinski definition) is 4. The highest BCUT2D eigenvalue weighted by Gasteiger charge is 2.43. The lowest BCUT2D eigenvalue weighted by molar-refractivity contribution is -0.167. The summed E-state index contributed by atoms with van der Waals surface area (Å²) in [6.45, 7) is 3.31. The molecule has 0 fully saturated rings. The van der Waals surface area contributed by atoms with Gasteiger partial charge in [-0.15, -0.1) is 0 Å². The first-order valence-corrected chi connectivity index (χ1v) is 7.27. The molecular weight excluding hydrogens is 276 g/mol. The SMILES string of the molecule is COC(=O)C(C)(CC(C)CCCCCCC(=O)O)C(=O)O. The van der Waals surface area contributed by atoms with Gasteiger partial charge in [0.05, 0.1) is 7.11 Å². The van der Waals surface area contributed by atoms with Crippen LogP contribution in [0.1, 0.15) is 58.8 Å². The number of carboxylic acid groups (broad SMARTS) is 2. The third kappa shape index (κ3) is 7.11. The predicted molar refractivity (Wildman–Crippen MR) is 76.9 cm³/mol. The Balaban J connectivity index is 4.11. The van der Waals surface area contributed by atoms with Crippen molar-refractivity contribution in [3.63, 3.8) is 0 Å². The van der Waals surface area contributed by atoms with Crippen LogP contribution in [0.3, 0.4) is 0 Å². The van der Waals surface area contributed by atoms with Gasteiger partial charge in [0.25, 0.3) is 0 Å². The molecule has 0 saturated carbocycles. The molecule has 0 amide bonds. The zero-order valence-electron chi connectivity index (χ0n) is 13.1. The van der Waals surface area contributed by atoms with Crippen LogP contribution in [0.25, 0.3) is 0 Å². The van der Waals surface area contributed by atoms with Crippen LogP contribution in [0.2, 0.25) is 0 Å². The third-order valence-electron chi connectivity index (χ3n) is 3.70. The highest BCUT2D eigenvalue weighted by molar-refractivity contribution is 5.98. The van der Waals surface area contributed by atoms with E-state index in [9.17, 15) is 19.5 Å². The van der Waals surface area contributed by atoms with Crippen LogP contribution >= 0.6 is 0 Å². The van der Waals surface area contributed by atoms with E-state index in [1.165, 1.54) is 14.0 Å². The molecule has 0 radical (unpaired) electrons. The molecule has 0 aromatic carbocycles. The van der Waals surface area contributed by atoms with Crippen molar-refractivity contribution in [3.8, 4) is 0 Å². The van der Waals surface area contributed by atoms with Gasteiger partial charge in [-0.3, -0.25) is 14.4 Å². The largest absolute Gasteiger partial charge is 0.481 e. The third-order valence-corrected chi connectivity index (χ3v) is 3.70. The summed E-state index contributed by atoms with van der Waals surface area (Å²) in [5, 5.41) is 17.7. The Kier molecular flexibility index (Phi) is 8.66. The molecule has 2 unspecified atom stereocenters. The molecule has 0 saturated heterocycles. The van der Waals surface area contributed by atoms with Crippen LogP contribution in [0.4, 0.5) is 0 Å². The molecule has 6 heteroatoms. The lowest BCUT2D eigenvalue weighted by atomic mass is 9.80. The van der Waals surface area contributed by atoms with Crippen molar-refractivity contribution < 1.29 is 29.3 Å². The fourth-order valence-electron chi connectivity index (χ4n) is 2.40. The van der Waals surface area contributed by atoms with Gasteiger partial charge in [0.15, 0.2) is 5.41 Å². The Labute approximate surface area is 125 Å². The molecule has 2 N–H and O–H groups in total. The second kappa shape index (κ2) is 9.37. The fourth-order valence-corrected chi connectivity index (χ4v) is 2.40. The summed E-state index contributed by atoms with van der Waals surface area (Å²) in [4.78, 5) is 33.3. The van der Waals surface area contributed by atoms with Crippen molar-refractivity contribution in [2.24, 2.45) is 11.3 Å². The summed E-state index contributed by atoms with van der Waals surface area (Å²) in [7, 11) is 1.19. The summed E-state index contributed by atoms with van der Waals surface area (Å²) in [6.07, 6.45) is 4.58. The van der Waals surface area contributed by atoms with E-state index in [0.29, 0.717) is 6.42 Å². The van der Waals surface area contributed by atoms with Gasteiger partial charge in [0.1, 0.15) is 0 Å². The fraction of sp³-hybridized carbons (Fsp3) is 0.800. The molecule has 122 valence electrons. The molecule has 0 heterocycles. The Bertz CT molecular complexity index is 365. The molecule has 0 rings (SSSR count). The summed E-state index contributed by atoms with van der Waals surface area (Å²) in [6, 6.07) is 0. The van der Waals surface area contributed by atoms with Crippen molar-refractivity contribution in [1.29, 1.82) is 0 Å². The highest BCUT2D eigenvalue weighted by atomic mass is 16.5. The number of carbonyl (C=O) groups is 3. The molecule has 21 heavy (non-hydrogen) atoms. The van der Waals surface area contributed by atoms with Crippen LogP contribution in [0.5, 0.6) is 0 Å². The predicted octanol–water partition coefficient (Wildman–Crippen LogP) is 2.70. The van der Waals surface area contributed by atoms with Gasteiger partial charge in [-0.05, 0) is 25.7 Å². The smallest absolute Gasteiger partial charge is 0.322 e. The van der Waals surface area contributed by atoms with Crippen molar-refractivity contribution in [1.82, 2.24) is 0 Å². The monoisotopic (exact) mass is 302 g/mol. The number of ether oxygens (including phenoxy) is 1. The maximum Gasteiger partial charge on any atom is 0.322 e. The van der Waals surface area contributed by atoms with Crippen molar-refractivity contribution in [2.45, 2.75) is 58.8 Å². The molecule has 0 aliphatic carbocycles. The Morgan fingerprint density at radius 1 is 1.10 bits per heavy atom. The topological polar surface area (TPSA) is 101 Å². The number of carboxylic acids is 2. The van der Waals surface area contributed by atoms with Crippen LogP contribution in [-0.2, 0) is 19.1 Å². The number of unbranched alkanes of at least 4 members (excludes halogenated alkanes) is 3. The minimum absolute atomic E-state index is 0.0877. The molecule has 0 bridgehead atoms. The number of hydrogen-bond donors (Lipinski definition) is 2. The molecule has 0 aliphatic rings. The molecular formula is C15H26O6. The van der Waals surface area contributed by atoms with E-state index in [1.54, 1.807) is 0 Å². The lowest BCUT2D eigenvalue weighted by Gasteiger charge is -2.25. The maximum atomic E-state index is 11.6. The molecule has 2 atom stereocenters. The standard InChI is InChI=1S/C15H26O6/c1-11(8-6-4-5-7-9-12(16)17)10-15(2,13(18)19)14(20)21-3/h11H,4-10H2,1-3H3,(H,16,17)(H,18,19). The summed E-state index contributed by atoms with van der Waals surface area (Å²) >= 11 is 0. The highest BCUT2D eigenvalue weighted by Crippen LogP contribution is 2.30. The number of methoxy groups -OCH3 is 1. The Morgan fingerprint density at radius 2 is 1.67 bits per heavy atom. The number of rotatable bonds is 11. The normalized spacial score (nSPS) is 15.0. The molecule has 0 aromatic heterocycles. The Hall–Kier alpha value is -1.59. The number of carbonyl (C=O) groups excluding carboxylic acids is 1. The average molecular weight is 302 g/mol. The lowest BCUT2D eigenvalue weighted by Crippen LogP contribution is -2.38. The summed E-state index contributed by atoms with van der Waals surface area (Å²) in [5.41, 5.74) is -1.50. The molecule has 0 aliphatic heterocycles. The zero-order chi connectivity index (χ0) is 16.5. The van der Waals surface area contributed by atoms with Gasteiger partial charge in [-0.25, -0.2) is 0 Å². The molecule has 6 nitrogen and oxygen atoms in total. The van der Waals surface area contributed by atoms with E-state index >= 15 is 0 Å². The minimum Gasteiger partial charge on any atom is -0.481 e. The second-order valence-corrected chi connectivity index (χ2v) is 5.78. The van der Waals surface area contributed by atoms with Gasteiger partial charge in [0, 0.05) is 6.42 Å². The van der Waals surface area contributed by atoms with E-state index in [-0.39, 0.29) is 18.8 Å². The Morgan fingerprint density at radius 3 is 2.14 bits per heavy atom. The van der Waals surface area contributed by atoms with Crippen molar-refractivity contribution in [3.05, 3.63) is 0 Å². The van der Waals surface area contributed by atoms with Crippen LogP contribution in [-0.4, -0.2) is 35.2 Å². The first kappa shape index (κ1) is 19.4. The van der Waals surface area contributed by atoms with E-state index in [1.807, 2.05) is 6.92 Å². The van der Waals surface area contributed by atoms with Gasteiger partial charge < -0.3 is 14.9 Å². The second-order valence-electron chi connectivity index (χ2n) is 5.78. The van der Waals surface area contributed by atoms with E-state index in [0.717, 1.165) is 25.7 Å². The van der Waals surface area contributed by atoms with E-state index in [4.69, 9.17) is 5.11 Å². The van der Waals surface area contributed by atoms with Crippen molar-refractivity contribution in [2.75, 3.05) is 7.11 Å². The summed E-state index contributed by atoms with van der Waals surface area (Å²) in [5.74, 6) is -2.57. The van der Waals surface area contributed by atoms with E-state index in [2.05, 4.69) is 4.74 Å². The first-order valence-electron chi connectivity index (χ1n) is 7.27. The molecule has 0 aromatic rings. The van der Waals surface area contributed by atoms with Crippen LogP contribution < -0.4 is 0 Å². The minimum atomic E-state index is -1.50. The first-order chi connectivity index (χ1) is 9.74. The molecule has 0 spiro atoms. The van der Waals surface area contributed by atoms with Crippen LogP contribution in [0, 0.1) is 11.3 Å². The van der Waals surface area contributed by atoms with E-state index < -0.39 is 23.3 Å². The number of aliphatic carboxylic acids is 2. The van der Waals surface area contributed by atoms with Gasteiger partial charge >= 0.3 is 17.9 Å². The summed E-state index contributed by atoms with van der Waals surface area (Å²) < 4.78 is 4.58. The van der Waals surface area contributed by atoms with Gasteiger partial charge in [-0.1, -0.05) is 32.6 Å². The average Bonchev–Trinajstić information content (AvgIpc) is 2.40. The number of esters is 1. The quantitative estimate of drug-likeness (QED) is 0.346. The van der Waals surface area contributed by atoms with Gasteiger partial charge in [0.2, 0.25) is 0 Å². The van der Waals surface area contributed by atoms with Gasteiger partial charge in [-0.2, -0.15) is 0 Å². The van der Waals surface area contributed by atoms with Crippen LogP contribution in [0.15, 0.2) is 0 Å².